The zero-order valence-electron chi connectivity index (χ0n) is 10.7. The first kappa shape index (κ1) is 14.2. The van der Waals surface area contributed by atoms with Gasteiger partial charge in [-0.25, -0.2) is 0 Å². The van der Waals surface area contributed by atoms with Crippen molar-refractivity contribution in [3.63, 3.8) is 0 Å². The number of nitrogens with one attached hydrogen (secondary N) is 1. The first-order valence-corrected chi connectivity index (χ1v) is 7.72. The molecule has 2 atom stereocenters. The van der Waals surface area contributed by atoms with Crippen molar-refractivity contribution in [2.75, 3.05) is 13.2 Å². The first-order valence-electron chi connectivity index (χ1n) is 6.46. The van der Waals surface area contributed by atoms with Gasteiger partial charge >= 0.3 is 0 Å². The third-order valence-corrected chi connectivity index (χ3v) is 5.34. The molecule has 0 aliphatic heterocycles. The molecule has 2 unspecified atom stereocenters. The predicted octanol–water partition coefficient (Wildman–Crippen LogP) is 3.33. The molecule has 100 valence electrons. The van der Waals surface area contributed by atoms with E-state index in [0.717, 1.165) is 35.7 Å². The van der Waals surface area contributed by atoms with Crippen LogP contribution >= 0.6 is 23.4 Å². The van der Waals surface area contributed by atoms with Gasteiger partial charge in [0.1, 0.15) is 0 Å². The summed E-state index contributed by atoms with van der Waals surface area (Å²) in [7, 11) is 0. The van der Waals surface area contributed by atoms with Crippen molar-refractivity contribution in [2.24, 2.45) is 0 Å². The van der Waals surface area contributed by atoms with Crippen LogP contribution in [0.5, 0.6) is 0 Å². The lowest BCUT2D eigenvalue weighted by atomic mass is 9.99. The minimum Gasteiger partial charge on any atom is -0.394 e. The Morgan fingerprint density at radius 2 is 2.28 bits per heavy atom. The Kier molecular flexibility index (Phi) is 4.96. The molecule has 2 rings (SSSR count). The van der Waals surface area contributed by atoms with Crippen LogP contribution in [0, 0.1) is 0 Å². The topological polar surface area (TPSA) is 32.3 Å². The molecular formula is C14H20ClNOS. The van der Waals surface area contributed by atoms with E-state index in [9.17, 15) is 5.11 Å². The lowest BCUT2D eigenvalue weighted by Gasteiger charge is -2.28. The average Bonchev–Trinajstić information content (AvgIpc) is 2.77. The van der Waals surface area contributed by atoms with Crippen molar-refractivity contribution in [1.29, 1.82) is 0 Å². The van der Waals surface area contributed by atoms with Gasteiger partial charge in [0.15, 0.2) is 0 Å². The van der Waals surface area contributed by atoms with Crippen molar-refractivity contribution in [1.82, 2.24) is 5.32 Å². The molecule has 0 radical (unpaired) electrons. The van der Waals surface area contributed by atoms with E-state index in [4.69, 9.17) is 11.6 Å². The van der Waals surface area contributed by atoms with E-state index in [1.807, 2.05) is 30.0 Å². The van der Waals surface area contributed by atoms with E-state index < -0.39 is 0 Å². The van der Waals surface area contributed by atoms with Crippen molar-refractivity contribution in [2.45, 2.75) is 41.9 Å². The van der Waals surface area contributed by atoms with Crippen molar-refractivity contribution < 1.29 is 5.11 Å². The molecule has 1 aliphatic rings. The summed E-state index contributed by atoms with van der Waals surface area (Å²) in [6.07, 6.45) is 3.18. The van der Waals surface area contributed by atoms with E-state index in [-0.39, 0.29) is 12.1 Å². The van der Waals surface area contributed by atoms with E-state index in [1.54, 1.807) is 0 Å². The van der Waals surface area contributed by atoms with Gasteiger partial charge in [0.2, 0.25) is 0 Å². The fourth-order valence-corrected chi connectivity index (χ4v) is 4.24. The Morgan fingerprint density at radius 3 is 2.94 bits per heavy atom. The van der Waals surface area contributed by atoms with E-state index >= 15 is 0 Å². The lowest BCUT2D eigenvalue weighted by Crippen LogP contribution is -2.46. The summed E-state index contributed by atoms with van der Waals surface area (Å²) in [4.78, 5) is 1.15. The van der Waals surface area contributed by atoms with Crippen LogP contribution in [0.15, 0.2) is 29.2 Å². The van der Waals surface area contributed by atoms with Crippen LogP contribution in [0.1, 0.15) is 26.2 Å². The SMILES string of the molecule is CCNC1(CO)CCC(Sc2ccccc2Cl)C1. The van der Waals surface area contributed by atoms with E-state index in [2.05, 4.69) is 18.3 Å². The Morgan fingerprint density at radius 1 is 1.50 bits per heavy atom. The normalized spacial score (nSPS) is 27.6. The van der Waals surface area contributed by atoms with Gasteiger partial charge in [-0.15, -0.1) is 11.8 Å². The molecule has 1 aromatic carbocycles. The highest BCUT2D eigenvalue weighted by atomic mass is 35.5. The van der Waals surface area contributed by atoms with Crippen LogP contribution in [0.4, 0.5) is 0 Å². The minimum atomic E-state index is -0.0757. The number of aliphatic hydroxyl groups is 1. The van der Waals surface area contributed by atoms with Crippen LogP contribution in [0.3, 0.4) is 0 Å². The fourth-order valence-electron chi connectivity index (χ4n) is 2.63. The Bertz CT molecular complexity index is 401. The summed E-state index contributed by atoms with van der Waals surface area (Å²) in [5.41, 5.74) is -0.0757. The zero-order valence-corrected chi connectivity index (χ0v) is 12.2. The van der Waals surface area contributed by atoms with Crippen LogP contribution in [0.25, 0.3) is 0 Å². The maximum absolute atomic E-state index is 9.59. The highest BCUT2D eigenvalue weighted by Gasteiger charge is 2.38. The maximum atomic E-state index is 9.59. The smallest absolute Gasteiger partial charge is 0.0613 e. The second-order valence-corrected chi connectivity index (χ2v) is 6.63. The molecule has 1 fully saturated rings. The minimum absolute atomic E-state index is 0.0757. The van der Waals surface area contributed by atoms with Crippen molar-refractivity contribution in [3.05, 3.63) is 29.3 Å². The summed E-state index contributed by atoms with van der Waals surface area (Å²) in [6, 6.07) is 7.98. The van der Waals surface area contributed by atoms with Gasteiger partial charge in [0.05, 0.1) is 11.6 Å². The largest absolute Gasteiger partial charge is 0.394 e. The van der Waals surface area contributed by atoms with Crippen molar-refractivity contribution in [3.8, 4) is 0 Å². The Balaban J connectivity index is 1.99. The molecule has 1 aliphatic carbocycles. The summed E-state index contributed by atoms with van der Waals surface area (Å²) in [5, 5.41) is 14.4. The van der Waals surface area contributed by atoms with Crippen LogP contribution < -0.4 is 5.32 Å². The Hall–Kier alpha value is -0.220. The van der Waals surface area contributed by atoms with Gasteiger partial charge in [-0.2, -0.15) is 0 Å². The molecule has 2 nitrogen and oxygen atoms in total. The molecule has 0 amide bonds. The molecule has 1 aromatic rings. The predicted molar refractivity (Wildman–Crippen MR) is 78.4 cm³/mol. The molecule has 2 N–H and O–H groups in total. The lowest BCUT2D eigenvalue weighted by molar-refractivity contribution is 0.167. The summed E-state index contributed by atoms with van der Waals surface area (Å²) < 4.78 is 0. The van der Waals surface area contributed by atoms with Crippen molar-refractivity contribution >= 4 is 23.4 Å². The van der Waals surface area contributed by atoms with Gasteiger partial charge in [0.25, 0.3) is 0 Å². The van der Waals surface area contributed by atoms with Gasteiger partial charge in [-0.3, -0.25) is 0 Å². The van der Waals surface area contributed by atoms with E-state index in [1.165, 1.54) is 0 Å². The van der Waals surface area contributed by atoms with Gasteiger partial charge in [-0.1, -0.05) is 30.7 Å². The van der Waals surface area contributed by atoms with Gasteiger partial charge < -0.3 is 10.4 Å². The van der Waals surface area contributed by atoms with E-state index in [0.29, 0.717) is 5.25 Å². The number of thioether (sulfide) groups is 1. The third-order valence-electron chi connectivity index (χ3n) is 3.55. The summed E-state index contributed by atoms with van der Waals surface area (Å²) in [6.45, 7) is 3.22. The number of halogens is 1. The van der Waals surface area contributed by atoms with Crippen LogP contribution in [-0.2, 0) is 0 Å². The molecule has 0 bridgehead atoms. The second kappa shape index (κ2) is 6.29. The molecule has 1 saturated carbocycles. The standard InChI is InChI=1S/C14H20ClNOS/c1-2-16-14(10-17)8-7-11(9-14)18-13-6-4-3-5-12(13)15/h3-6,11,16-17H,2,7-10H2,1H3. The molecular weight excluding hydrogens is 266 g/mol. The zero-order chi connectivity index (χ0) is 13.0. The monoisotopic (exact) mass is 285 g/mol. The molecule has 18 heavy (non-hydrogen) atoms. The fraction of sp³-hybridized carbons (Fsp3) is 0.571. The number of hydrogen-bond donors (Lipinski definition) is 2. The van der Waals surface area contributed by atoms with Crippen LogP contribution in [0.2, 0.25) is 5.02 Å². The number of benzene rings is 1. The molecule has 4 heteroatoms. The second-order valence-electron chi connectivity index (χ2n) is 4.88. The third kappa shape index (κ3) is 3.21. The molecule has 0 saturated heterocycles. The first-order chi connectivity index (χ1) is 8.69. The van der Waals surface area contributed by atoms with Gasteiger partial charge in [0, 0.05) is 15.7 Å². The van der Waals surface area contributed by atoms with Gasteiger partial charge in [-0.05, 0) is 37.9 Å². The molecule has 0 spiro atoms. The Labute approximate surface area is 118 Å². The molecule has 0 aromatic heterocycles. The summed E-state index contributed by atoms with van der Waals surface area (Å²) in [5.74, 6) is 0. The number of rotatable bonds is 5. The quantitative estimate of drug-likeness (QED) is 0.870. The number of hydrogen-bond acceptors (Lipinski definition) is 3. The van der Waals surface area contributed by atoms with Crippen LogP contribution in [-0.4, -0.2) is 29.0 Å². The summed E-state index contributed by atoms with van der Waals surface area (Å²) >= 11 is 8.02. The average molecular weight is 286 g/mol. The number of likely N-dealkylation sites (N-methyl/N-ethyl adjacent to an activating group) is 1. The highest BCUT2D eigenvalue weighted by molar-refractivity contribution is 8.00. The highest BCUT2D eigenvalue weighted by Crippen LogP contribution is 2.41. The molecule has 0 heterocycles. The number of aliphatic hydroxyl groups excluding tert-OH is 1. The maximum Gasteiger partial charge on any atom is 0.0613 e.